The third-order valence-corrected chi connectivity index (χ3v) is 11.8. The predicted molar refractivity (Wildman–Crippen MR) is 208 cm³/mol. The first-order chi connectivity index (χ1) is 24.1. The van der Waals surface area contributed by atoms with Crippen LogP contribution in [-0.4, -0.2) is 96.3 Å². The molecule has 2 aliphatic heterocycles. The minimum absolute atomic E-state index is 0.121. The molecule has 1 aromatic heterocycles. The van der Waals surface area contributed by atoms with E-state index in [1.54, 1.807) is 0 Å². The molecule has 0 aromatic carbocycles. The maximum atomic E-state index is 9.53. The van der Waals surface area contributed by atoms with Crippen LogP contribution in [0, 0.1) is 0 Å². The molecular formula is C40H74N8O3. The quantitative estimate of drug-likeness (QED) is 0.153. The van der Waals surface area contributed by atoms with E-state index in [2.05, 4.69) is 88.0 Å². The van der Waals surface area contributed by atoms with Gasteiger partial charge in [0.05, 0.1) is 12.2 Å². The van der Waals surface area contributed by atoms with Crippen LogP contribution < -0.4 is 15.5 Å². The summed E-state index contributed by atoms with van der Waals surface area (Å²) in [6.45, 7) is 22.5. The summed E-state index contributed by atoms with van der Waals surface area (Å²) in [5.74, 6) is 1.90. The van der Waals surface area contributed by atoms with Gasteiger partial charge in [0.15, 0.2) is 0 Å². The molecule has 0 unspecified atom stereocenters. The lowest BCUT2D eigenvalue weighted by molar-refractivity contribution is -0.310. The van der Waals surface area contributed by atoms with Crippen LogP contribution in [0.3, 0.4) is 0 Å². The van der Waals surface area contributed by atoms with Crippen molar-refractivity contribution >= 4 is 17.8 Å². The normalized spacial score (nSPS) is 25.1. The molecule has 0 bridgehead atoms. The van der Waals surface area contributed by atoms with Gasteiger partial charge in [-0.2, -0.15) is 25.1 Å². The number of aromatic nitrogens is 3. The Morgan fingerprint density at radius 2 is 1.18 bits per heavy atom. The Hall–Kier alpha value is -1.79. The van der Waals surface area contributed by atoms with Crippen LogP contribution in [0.2, 0.25) is 0 Å². The van der Waals surface area contributed by atoms with Gasteiger partial charge in [-0.1, -0.05) is 51.9 Å². The zero-order chi connectivity index (χ0) is 36.9. The SMILES string of the molecule is CCCCN(c1nc(NCCCO)nc(NC2CC(C)(C)N(OC3CCCCC3)C(C)(C)C2)n1)C1CC(C)(C)N(OC2CCCCC2)C(C)(C)C1. The Bertz CT molecular complexity index is 1190. The molecule has 2 saturated carbocycles. The van der Waals surface area contributed by atoms with Gasteiger partial charge >= 0.3 is 0 Å². The second kappa shape index (κ2) is 17.1. The number of piperidine rings is 2. The van der Waals surface area contributed by atoms with Gasteiger partial charge in [0.1, 0.15) is 0 Å². The summed E-state index contributed by atoms with van der Waals surface area (Å²) in [5.41, 5.74) is -0.634. The molecule has 5 rings (SSSR count). The van der Waals surface area contributed by atoms with Crippen molar-refractivity contribution < 1.29 is 14.8 Å². The van der Waals surface area contributed by atoms with Crippen LogP contribution in [0.1, 0.15) is 171 Å². The molecule has 1 aromatic rings. The summed E-state index contributed by atoms with van der Waals surface area (Å²) in [7, 11) is 0. The summed E-state index contributed by atoms with van der Waals surface area (Å²) < 4.78 is 0. The van der Waals surface area contributed by atoms with E-state index < -0.39 is 0 Å². The van der Waals surface area contributed by atoms with Crippen molar-refractivity contribution in [3.8, 4) is 0 Å². The maximum Gasteiger partial charge on any atom is 0.232 e. The van der Waals surface area contributed by atoms with E-state index >= 15 is 0 Å². The average Bonchev–Trinajstić information content (AvgIpc) is 3.05. The van der Waals surface area contributed by atoms with Crippen molar-refractivity contribution in [1.82, 2.24) is 25.1 Å². The molecule has 2 saturated heterocycles. The highest BCUT2D eigenvalue weighted by molar-refractivity contribution is 5.45. The fourth-order valence-electron chi connectivity index (χ4n) is 9.88. The van der Waals surface area contributed by atoms with Crippen molar-refractivity contribution in [2.24, 2.45) is 0 Å². The Morgan fingerprint density at radius 3 is 1.67 bits per heavy atom. The minimum atomic E-state index is -0.160. The molecular weight excluding hydrogens is 640 g/mol. The Kier molecular flexibility index (Phi) is 13.6. The van der Waals surface area contributed by atoms with E-state index in [1.807, 2.05) is 0 Å². The van der Waals surface area contributed by atoms with Crippen LogP contribution in [0.5, 0.6) is 0 Å². The van der Waals surface area contributed by atoms with E-state index in [9.17, 15) is 5.11 Å². The molecule has 0 amide bonds. The van der Waals surface area contributed by atoms with Gasteiger partial charge in [0.25, 0.3) is 0 Å². The first-order valence-corrected chi connectivity index (χ1v) is 20.7. The summed E-state index contributed by atoms with van der Waals surface area (Å²) in [6, 6.07) is 0.412. The molecule has 11 nitrogen and oxygen atoms in total. The van der Waals surface area contributed by atoms with E-state index in [0.29, 0.717) is 37.1 Å². The number of hydrogen-bond acceptors (Lipinski definition) is 11. The number of nitrogens with one attached hydrogen (secondary N) is 2. The highest BCUT2D eigenvalue weighted by Crippen LogP contribution is 2.44. The molecule has 4 aliphatic rings. The molecule has 2 aliphatic carbocycles. The highest BCUT2D eigenvalue weighted by Gasteiger charge is 2.50. The van der Waals surface area contributed by atoms with Crippen LogP contribution in [0.4, 0.5) is 17.8 Å². The van der Waals surface area contributed by atoms with Crippen molar-refractivity contribution in [2.45, 2.75) is 218 Å². The Balaban J connectivity index is 1.39. The Morgan fingerprint density at radius 1 is 0.686 bits per heavy atom. The molecule has 4 fully saturated rings. The smallest absolute Gasteiger partial charge is 0.232 e. The zero-order valence-electron chi connectivity index (χ0n) is 33.9. The van der Waals surface area contributed by atoms with Crippen molar-refractivity contribution in [1.29, 1.82) is 0 Å². The summed E-state index contributed by atoms with van der Waals surface area (Å²) >= 11 is 0. The van der Waals surface area contributed by atoms with Crippen molar-refractivity contribution in [2.75, 3.05) is 35.2 Å². The Labute approximate surface area is 310 Å². The predicted octanol–water partition coefficient (Wildman–Crippen LogP) is 8.26. The van der Waals surface area contributed by atoms with Gasteiger partial charge < -0.3 is 20.6 Å². The van der Waals surface area contributed by atoms with Gasteiger partial charge in [-0.3, -0.25) is 9.68 Å². The lowest BCUT2D eigenvalue weighted by Crippen LogP contribution is -2.65. The maximum absolute atomic E-state index is 9.53. The number of rotatable bonds is 15. The number of hydrogen-bond donors (Lipinski definition) is 3. The summed E-state index contributed by atoms with van der Waals surface area (Å²) in [4.78, 5) is 31.3. The van der Waals surface area contributed by atoms with Gasteiger partial charge in [0, 0.05) is 53.9 Å². The number of aliphatic hydroxyl groups is 1. The van der Waals surface area contributed by atoms with Gasteiger partial charge in [-0.25, -0.2) is 0 Å². The number of hydroxylamine groups is 4. The number of aliphatic hydroxyl groups excluding tert-OH is 1. The minimum Gasteiger partial charge on any atom is -0.396 e. The molecule has 0 atom stereocenters. The van der Waals surface area contributed by atoms with E-state index in [1.165, 1.54) is 38.5 Å². The van der Waals surface area contributed by atoms with E-state index in [4.69, 9.17) is 24.6 Å². The standard InChI is InChI=1S/C40H74N8O3/c1-10-11-24-46(31-28-39(6,7)48(40(8,9)29-31)51-33-21-16-13-17-22-33)36-44-34(41-23-18-25-49)43-35(45-36)42-30-26-37(2,3)47(38(4,5)27-30)50-32-19-14-12-15-20-32/h30-33,49H,10-29H2,1-9H3,(H2,41,42,43,44,45). The van der Waals surface area contributed by atoms with Crippen LogP contribution >= 0.6 is 0 Å². The van der Waals surface area contributed by atoms with Gasteiger partial charge in [0.2, 0.25) is 17.8 Å². The largest absolute Gasteiger partial charge is 0.396 e. The molecule has 51 heavy (non-hydrogen) atoms. The van der Waals surface area contributed by atoms with Gasteiger partial charge in [-0.15, -0.1) is 0 Å². The van der Waals surface area contributed by atoms with Crippen LogP contribution in [0.25, 0.3) is 0 Å². The fourth-order valence-corrected chi connectivity index (χ4v) is 9.88. The van der Waals surface area contributed by atoms with Gasteiger partial charge in [-0.05, 0) is 120 Å². The van der Waals surface area contributed by atoms with Crippen LogP contribution in [-0.2, 0) is 9.68 Å². The molecule has 0 radical (unpaired) electrons. The molecule has 0 spiro atoms. The van der Waals surface area contributed by atoms with Crippen molar-refractivity contribution in [3.63, 3.8) is 0 Å². The zero-order valence-corrected chi connectivity index (χ0v) is 33.9. The number of unbranched alkanes of at least 4 members (excludes halogenated alkanes) is 1. The molecule has 292 valence electrons. The first-order valence-electron chi connectivity index (χ1n) is 20.7. The third-order valence-electron chi connectivity index (χ3n) is 11.8. The lowest BCUT2D eigenvalue weighted by atomic mass is 9.78. The average molecular weight is 715 g/mol. The lowest BCUT2D eigenvalue weighted by Gasteiger charge is -2.56. The third kappa shape index (κ3) is 10.5. The highest BCUT2D eigenvalue weighted by atomic mass is 16.7. The second-order valence-electron chi connectivity index (χ2n) is 18.7. The molecule has 11 heteroatoms. The summed E-state index contributed by atoms with van der Waals surface area (Å²) in [6.07, 6.45) is 19.5. The number of anilines is 3. The number of nitrogens with zero attached hydrogens (tertiary/aromatic N) is 6. The van der Waals surface area contributed by atoms with E-state index in [0.717, 1.165) is 76.7 Å². The molecule has 3 N–H and O–H groups in total. The van der Waals surface area contributed by atoms with Crippen molar-refractivity contribution in [3.05, 3.63) is 0 Å². The first kappa shape index (κ1) is 40.4. The second-order valence-corrected chi connectivity index (χ2v) is 18.7. The summed E-state index contributed by atoms with van der Waals surface area (Å²) in [5, 5.41) is 21.4. The monoisotopic (exact) mass is 715 g/mol. The van der Waals surface area contributed by atoms with Crippen LogP contribution in [0.15, 0.2) is 0 Å². The fraction of sp³-hybridized carbons (Fsp3) is 0.925. The topological polar surface area (TPSA) is 111 Å². The van der Waals surface area contributed by atoms with E-state index in [-0.39, 0.29) is 40.8 Å². The molecule has 3 heterocycles.